The van der Waals surface area contributed by atoms with Crippen LogP contribution < -0.4 is 15.6 Å². The fourth-order valence-corrected chi connectivity index (χ4v) is 14.1. The molecule has 0 heterocycles. The number of rotatable bonds is 15. The molecule has 0 atom stereocenters. The van der Waals surface area contributed by atoms with Crippen molar-refractivity contribution in [2.45, 2.75) is 38.5 Å². The molecule has 0 aromatic heterocycles. The molecular weight excluding hydrogens is 997 g/mol. The van der Waals surface area contributed by atoms with Gasteiger partial charge >= 0.3 is 0 Å². The lowest BCUT2D eigenvalue weighted by molar-refractivity contribution is 1.14. The van der Waals surface area contributed by atoms with Gasteiger partial charge in [-0.3, -0.25) is 0 Å². The highest BCUT2D eigenvalue weighted by Crippen LogP contribution is 2.26. The van der Waals surface area contributed by atoms with E-state index in [9.17, 15) is 0 Å². The summed E-state index contributed by atoms with van der Waals surface area (Å²) in [5, 5.41) is 7.57. The average molecular weight is 1040 g/mol. The van der Waals surface area contributed by atoms with Crippen molar-refractivity contribution in [2.24, 2.45) is 0 Å². The van der Waals surface area contributed by atoms with E-state index < -0.39 is 7.38 Å². The van der Waals surface area contributed by atoms with Crippen molar-refractivity contribution in [3.05, 3.63) is 297 Å². The van der Waals surface area contributed by atoms with Gasteiger partial charge in [0.1, 0.15) is 0 Å². The van der Waals surface area contributed by atoms with Crippen LogP contribution in [0.4, 0.5) is 0 Å². The third-order valence-electron chi connectivity index (χ3n) is 12.3. The van der Waals surface area contributed by atoms with Crippen LogP contribution in [-0.2, 0) is 38.5 Å². The van der Waals surface area contributed by atoms with E-state index in [2.05, 4.69) is 127 Å². The first-order valence-corrected chi connectivity index (χ1v) is 27.7. The van der Waals surface area contributed by atoms with E-state index in [1.807, 2.05) is 72.8 Å². The quantitative estimate of drug-likeness (QED) is 0.0545. The lowest BCUT2D eigenvalue weighted by Gasteiger charge is -2.30. The molecule has 0 amide bonds. The summed E-state index contributed by atoms with van der Waals surface area (Å²) in [5.41, 5.74) is 14.0. The molecule has 0 unspecified atom stereocenters. The molecule has 0 fully saturated rings. The summed E-state index contributed by atoms with van der Waals surface area (Å²) < 4.78 is 0. The van der Waals surface area contributed by atoms with Gasteiger partial charge in [0.25, 0.3) is 0 Å². The summed E-state index contributed by atoms with van der Waals surface area (Å²) in [6, 6.07) is 69.8. The molecule has 0 aliphatic carbocycles. The Labute approximate surface area is 435 Å². The Morgan fingerprint density at radius 3 is 0.500 bits per heavy atom. The normalized spacial score (nSPS) is 11.5. The van der Waals surface area contributed by atoms with Crippen LogP contribution in [0.5, 0.6) is 0 Å². The number of benzene rings is 9. The van der Waals surface area contributed by atoms with Crippen molar-refractivity contribution < 1.29 is 0 Å². The minimum absolute atomic E-state index is 0.705. The van der Waals surface area contributed by atoms with Crippen molar-refractivity contribution in [1.29, 1.82) is 0 Å². The second-order valence-electron chi connectivity index (χ2n) is 17.6. The van der Waals surface area contributed by atoms with Crippen LogP contribution in [0.1, 0.15) is 66.8 Å². The lowest BCUT2D eigenvalue weighted by Crippen LogP contribution is -2.63. The van der Waals surface area contributed by atoms with E-state index in [1.54, 1.807) is 0 Å². The first kappa shape index (κ1) is 48.3. The van der Waals surface area contributed by atoms with Crippen LogP contribution in [0, 0.1) is 0 Å². The first-order chi connectivity index (χ1) is 32.9. The molecule has 68 heavy (non-hydrogen) atoms. The minimum Gasteiger partial charge on any atom is -0.149 e. The maximum absolute atomic E-state index is 8.92. The van der Waals surface area contributed by atoms with Crippen LogP contribution >= 0.6 is 80.7 Å². The average Bonchev–Trinajstić information content (AvgIpc) is 3.33. The minimum atomic E-state index is -3.48. The molecule has 338 valence electrons. The molecule has 0 radical (unpaired) electrons. The van der Waals surface area contributed by atoms with Gasteiger partial charge < -0.3 is 0 Å². The van der Waals surface area contributed by atoms with Gasteiger partial charge in [-0.25, -0.2) is 0 Å². The number of hydrogen-bond acceptors (Lipinski definition) is 0. The summed E-state index contributed by atoms with van der Waals surface area (Å²) >= 11 is 47.3. The second kappa shape index (κ2) is 21.9. The summed E-state index contributed by atoms with van der Waals surface area (Å²) in [6.07, 6.45) is 4.23. The zero-order valence-electron chi connectivity index (χ0n) is 36.9. The summed E-state index contributed by atoms with van der Waals surface area (Å²) in [7, 11) is -3.48. The smallest absolute Gasteiger partial charge is 0.149 e. The Bertz CT molecular complexity index is 2610. The predicted molar refractivity (Wildman–Crippen MR) is 295 cm³/mol. The third kappa shape index (κ3) is 12.5. The van der Waals surface area contributed by atoms with Gasteiger partial charge in [0.05, 0.1) is 0 Å². The molecule has 9 rings (SSSR count). The van der Waals surface area contributed by atoms with Crippen molar-refractivity contribution in [2.75, 3.05) is 0 Å². The highest BCUT2D eigenvalue weighted by atomic mass is 35.6. The van der Waals surface area contributed by atoms with E-state index in [0.717, 1.165) is 48.9 Å². The van der Waals surface area contributed by atoms with Crippen molar-refractivity contribution >= 4 is 104 Å². The third-order valence-corrected chi connectivity index (χ3v) is 19.0. The fraction of sp³-hybridized carbons (Fsp3) is 0.100. The van der Waals surface area contributed by atoms with Gasteiger partial charge in [0.2, 0.25) is 7.38 Å². The van der Waals surface area contributed by atoms with Crippen LogP contribution in [0.15, 0.2) is 200 Å². The van der Waals surface area contributed by atoms with Gasteiger partial charge in [0, 0.05) is 30.1 Å². The summed E-state index contributed by atoms with van der Waals surface area (Å²) in [6.45, 7) is 0. The van der Waals surface area contributed by atoms with Gasteiger partial charge in [0.15, 0.2) is 0 Å². The Balaban J connectivity index is 1.29. The monoisotopic (exact) mass is 1040 g/mol. The molecule has 0 aliphatic rings. The fourth-order valence-electron chi connectivity index (χ4n) is 9.02. The lowest BCUT2D eigenvalue weighted by atomic mass is 9.99. The highest BCUT2D eigenvalue weighted by molar-refractivity contribution is 7.40. The van der Waals surface area contributed by atoms with E-state index in [-0.39, 0.29) is 0 Å². The molecule has 0 saturated carbocycles. The molecule has 9 aromatic rings. The van der Waals surface area contributed by atoms with Crippen LogP contribution in [-0.4, -0.2) is 7.38 Å². The Hall–Kier alpha value is -4.77. The Morgan fingerprint density at radius 2 is 0.353 bits per heavy atom. The van der Waals surface area contributed by atoms with E-state index >= 15 is 0 Å². The molecular formula is C60H45Cl7Si. The number of halogens is 7. The maximum Gasteiger partial charge on any atom is 0.247 e. The molecule has 9 aromatic carbocycles. The van der Waals surface area contributed by atoms with E-state index in [1.165, 1.54) is 33.4 Å². The van der Waals surface area contributed by atoms with Crippen LogP contribution in [0.25, 0.3) is 0 Å². The zero-order valence-corrected chi connectivity index (χ0v) is 43.2. The largest absolute Gasteiger partial charge is 0.247 e. The van der Waals surface area contributed by atoms with Gasteiger partial charge in [-0.05, 0) is 194 Å². The Morgan fingerprint density at radius 1 is 0.206 bits per heavy atom. The van der Waals surface area contributed by atoms with Crippen LogP contribution in [0.3, 0.4) is 0 Å². The van der Waals surface area contributed by atoms with E-state index in [0.29, 0.717) is 68.7 Å². The summed E-state index contributed by atoms with van der Waals surface area (Å²) in [4.78, 5) is 0. The SMILES string of the molecule is Clc1ccc(Cc2cc(Cc3ccc(Cl)cc3)cc([Si](Cl)(c3cc(Cc4ccc(Cl)cc4)cc(Cc4ccc(Cl)cc4)c3)c3cc(Cc4ccc(Cl)cc4)cc(Cc4ccc(Cl)cc4)c3)c2)cc1. The molecule has 0 spiro atoms. The molecule has 0 bridgehead atoms. The molecule has 0 N–H and O–H groups in total. The molecule has 0 nitrogen and oxygen atoms in total. The van der Waals surface area contributed by atoms with Crippen molar-refractivity contribution in [3.63, 3.8) is 0 Å². The first-order valence-electron chi connectivity index (χ1n) is 22.4. The molecule has 8 heteroatoms. The van der Waals surface area contributed by atoms with Gasteiger partial charge in [-0.2, -0.15) is 0 Å². The summed E-state index contributed by atoms with van der Waals surface area (Å²) in [5.74, 6) is 0. The van der Waals surface area contributed by atoms with Crippen molar-refractivity contribution in [3.8, 4) is 0 Å². The maximum atomic E-state index is 8.92. The van der Waals surface area contributed by atoms with Gasteiger partial charge in [-0.15, -0.1) is 11.1 Å². The molecule has 0 saturated heterocycles. The standard InChI is InChI=1S/C60H45Cl7Si/c61-52-13-1-40(2-14-52)25-46-31-47(26-41-3-15-53(62)16-4-41)35-58(34-46)68(67,59-36-48(27-42-5-17-54(63)18-6-42)32-49(37-59)28-43-7-19-55(64)20-8-43)60-38-50(29-44-9-21-56(65)22-10-44)33-51(39-60)30-45-11-23-57(66)24-12-45/h1-24,31-39H,25-30H2. The van der Waals surface area contributed by atoms with Crippen molar-refractivity contribution in [1.82, 2.24) is 0 Å². The van der Waals surface area contributed by atoms with E-state index in [4.69, 9.17) is 80.7 Å². The second-order valence-corrected chi connectivity index (χ2v) is 25.0. The topological polar surface area (TPSA) is 0 Å². The zero-order chi connectivity index (χ0) is 47.2. The Kier molecular flexibility index (Phi) is 15.5. The predicted octanol–water partition coefficient (Wildman–Crippen LogP) is 16.4. The number of hydrogen-bond donors (Lipinski definition) is 0. The highest BCUT2D eigenvalue weighted by Gasteiger charge is 2.40. The molecule has 0 aliphatic heterocycles. The van der Waals surface area contributed by atoms with Crippen LogP contribution in [0.2, 0.25) is 30.1 Å². The van der Waals surface area contributed by atoms with Gasteiger partial charge in [-0.1, -0.05) is 197 Å².